The Morgan fingerprint density at radius 3 is 2.78 bits per heavy atom. The number of nitro groups is 1. The van der Waals surface area contributed by atoms with Gasteiger partial charge in [-0.1, -0.05) is 11.3 Å². The Kier molecular flexibility index (Phi) is 5.02. The van der Waals surface area contributed by atoms with Crippen molar-refractivity contribution in [2.45, 2.75) is 10.6 Å². The molecule has 1 heterocycles. The first-order valence-corrected chi connectivity index (χ1v) is 7.20. The van der Waals surface area contributed by atoms with Gasteiger partial charge in [-0.2, -0.15) is 0 Å². The minimum absolute atomic E-state index is 0.128. The minimum atomic E-state index is -3.75. The molecule has 0 bridgehead atoms. The number of nitrogens with zero attached hydrogens (tertiary/aromatic N) is 1. The zero-order chi connectivity index (χ0) is 13.8. The van der Waals surface area contributed by atoms with Crippen molar-refractivity contribution in [1.29, 1.82) is 0 Å². The highest BCUT2D eigenvalue weighted by atomic mass is 32.2. The van der Waals surface area contributed by atoms with Crippen LogP contribution in [0.15, 0.2) is 10.3 Å². The van der Waals surface area contributed by atoms with Gasteiger partial charge in [0.05, 0.1) is 4.92 Å². The molecule has 0 unspecified atom stereocenters. The molecule has 0 aliphatic rings. The summed E-state index contributed by atoms with van der Waals surface area (Å²) in [4.78, 5) is 9.85. The van der Waals surface area contributed by atoms with Crippen LogP contribution in [-0.2, 0) is 14.8 Å². The summed E-state index contributed by atoms with van der Waals surface area (Å²) in [5, 5.41) is 10.4. The molecule has 0 saturated heterocycles. The maximum Gasteiger partial charge on any atom is 0.304 e. The second kappa shape index (κ2) is 6.09. The second-order valence-electron chi connectivity index (χ2n) is 3.32. The molecular formula is C8H13N3O5S2. The molecule has 0 aliphatic heterocycles. The van der Waals surface area contributed by atoms with Gasteiger partial charge in [-0.15, -0.1) is 0 Å². The van der Waals surface area contributed by atoms with E-state index < -0.39 is 20.6 Å². The third-order valence-corrected chi connectivity index (χ3v) is 4.88. The van der Waals surface area contributed by atoms with Crippen LogP contribution in [0.3, 0.4) is 0 Å². The van der Waals surface area contributed by atoms with Gasteiger partial charge in [0.15, 0.2) is 5.00 Å². The topological polar surface area (TPSA) is 125 Å². The van der Waals surface area contributed by atoms with Crippen molar-refractivity contribution in [2.75, 3.05) is 26.0 Å². The number of nitrogens with one attached hydrogen (secondary N) is 1. The first kappa shape index (κ1) is 14.8. The van der Waals surface area contributed by atoms with Crippen LogP contribution in [0.1, 0.15) is 6.42 Å². The van der Waals surface area contributed by atoms with Crippen LogP contribution in [0.4, 0.5) is 10.7 Å². The quantitative estimate of drug-likeness (QED) is 0.430. The number of methoxy groups -OCH3 is 1. The summed E-state index contributed by atoms with van der Waals surface area (Å²) < 4.78 is 30.5. The van der Waals surface area contributed by atoms with E-state index in [9.17, 15) is 18.5 Å². The molecule has 0 saturated carbocycles. The van der Waals surface area contributed by atoms with Crippen molar-refractivity contribution in [1.82, 2.24) is 4.72 Å². The fraction of sp³-hybridized carbons (Fsp3) is 0.500. The molecule has 1 rings (SSSR count). The standard InChI is InChI=1S/C8H13N3O5S2/c1-16-4-2-3-10-18(14,15)7-5-6(11(12)13)8(9)17-7/h5,10H,2-4,9H2,1H3. The van der Waals surface area contributed by atoms with Gasteiger partial charge < -0.3 is 10.5 Å². The maximum absolute atomic E-state index is 11.8. The number of sulfonamides is 1. The molecule has 18 heavy (non-hydrogen) atoms. The molecule has 0 spiro atoms. The molecule has 10 heteroatoms. The summed E-state index contributed by atoms with van der Waals surface area (Å²) >= 11 is 0.668. The Morgan fingerprint density at radius 2 is 2.28 bits per heavy atom. The van der Waals surface area contributed by atoms with Gasteiger partial charge in [-0.3, -0.25) is 10.1 Å². The predicted molar refractivity (Wildman–Crippen MR) is 67.1 cm³/mol. The molecule has 8 nitrogen and oxygen atoms in total. The number of anilines is 1. The fourth-order valence-corrected chi connectivity index (χ4v) is 3.47. The number of thiophene rings is 1. The molecule has 102 valence electrons. The number of rotatable bonds is 7. The molecule has 0 fully saturated rings. The van der Waals surface area contributed by atoms with E-state index in [0.29, 0.717) is 24.4 Å². The largest absolute Gasteiger partial charge is 0.385 e. The number of nitrogens with two attached hydrogens (primary N) is 1. The third kappa shape index (κ3) is 3.63. The number of hydrogen-bond acceptors (Lipinski definition) is 7. The van der Waals surface area contributed by atoms with Crippen LogP contribution >= 0.6 is 11.3 Å². The van der Waals surface area contributed by atoms with Crippen molar-refractivity contribution >= 4 is 32.0 Å². The molecular weight excluding hydrogens is 282 g/mol. The summed E-state index contributed by atoms with van der Waals surface area (Å²) in [5.41, 5.74) is 4.99. The van der Waals surface area contributed by atoms with E-state index in [2.05, 4.69) is 4.72 Å². The van der Waals surface area contributed by atoms with Crippen LogP contribution in [-0.4, -0.2) is 33.6 Å². The van der Waals surface area contributed by atoms with Crippen molar-refractivity contribution < 1.29 is 18.1 Å². The van der Waals surface area contributed by atoms with Gasteiger partial charge in [0.1, 0.15) is 4.21 Å². The Labute approximate surface area is 108 Å². The first-order valence-electron chi connectivity index (χ1n) is 4.91. The van der Waals surface area contributed by atoms with E-state index in [0.717, 1.165) is 6.07 Å². The van der Waals surface area contributed by atoms with E-state index in [4.69, 9.17) is 10.5 Å². The smallest absolute Gasteiger partial charge is 0.304 e. The molecule has 0 aliphatic carbocycles. The summed E-state index contributed by atoms with van der Waals surface area (Å²) in [6.07, 6.45) is 0.513. The van der Waals surface area contributed by atoms with Crippen LogP contribution in [0.2, 0.25) is 0 Å². The molecule has 1 aromatic heterocycles. The molecule has 1 aromatic rings. The summed E-state index contributed by atoms with van der Waals surface area (Å²) in [7, 11) is -2.24. The van der Waals surface area contributed by atoms with E-state index in [-0.39, 0.29) is 15.8 Å². The number of nitrogen functional groups attached to an aromatic ring is 1. The second-order valence-corrected chi connectivity index (χ2v) is 6.39. The van der Waals surface area contributed by atoms with Gasteiger partial charge in [-0.05, 0) is 6.42 Å². The van der Waals surface area contributed by atoms with Crippen molar-refractivity contribution in [3.8, 4) is 0 Å². The van der Waals surface area contributed by atoms with Gasteiger partial charge in [0.2, 0.25) is 10.0 Å². The fourth-order valence-electron chi connectivity index (χ4n) is 1.14. The predicted octanol–water partition coefficient (Wildman–Crippen LogP) is 0.553. The van der Waals surface area contributed by atoms with Crippen molar-refractivity contribution in [2.24, 2.45) is 0 Å². The SMILES string of the molecule is COCCCNS(=O)(=O)c1cc([N+](=O)[O-])c(N)s1. The zero-order valence-electron chi connectivity index (χ0n) is 9.58. The van der Waals surface area contributed by atoms with Gasteiger partial charge in [0, 0.05) is 26.3 Å². The molecule has 0 radical (unpaired) electrons. The summed E-state index contributed by atoms with van der Waals surface area (Å²) in [6.45, 7) is 0.622. The molecule has 3 N–H and O–H groups in total. The van der Waals surface area contributed by atoms with E-state index >= 15 is 0 Å². The number of hydrogen-bond donors (Lipinski definition) is 2. The van der Waals surface area contributed by atoms with E-state index in [1.807, 2.05) is 0 Å². The van der Waals surface area contributed by atoms with Gasteiger partial charge in [0.25, 0.3) is 0 Å². The lowest BCUT2D eigenvalue weighted by atomic mass is 10.5. The lowest BCUT2D eigenvalue weighted by Crippen LogP contribution is -2.24. The summed E-state index contributed by atoms with van der Waals surface area (Å²) in [5.74, 6) is 0. The Bertz CT molecular complexity index is 525. The monoisotopic (exact) mass is 295 g/mol. The first-order chi connectivity index (χ1) is 8.38. The Hall–Kier alpha value is -1.23. The third-order valence-electron chi connectivity index (χ3n) is 2.00. The lowest BCUT2D eigenvalue weighted by Gasteiger charge is -2.03. The van der Waals surface area contributed by atoms with Crippen molar-refractivity contribution in [3.05, 3.63) is 16.2 Å². The zero-order valence-corrected chi connectivity index (χ0v) is 11.2. The Balaban J connectivity index is 2.79. The van der Waals surface area contributed by atoms with Gasteiger partial charge >= 0.3 is 5.69 Å². The molecule has 0 aromatic carbocycles. The summed E-state index contributed by atoms with van der Waals surface area (Å²) in [6, 6.07) is 0.957. The molecule has 0 atom stereocenters. The minimum Gasteiger partial charge on any atom is -0.385 e. The van der Waals surface area contributed by atoms with E-state index in [1.54, 1.807) is 0 Å². The average Bonchev–Trinajstić information content (AvgIpc) is 2.68. The highest BCUT2D eigenvalue weighted by molar-refractivity contribution is 7.91. The Morgan fingerprint density at radius 1 is 1.61 bits per heavy atom. The van der Waals surface area contributed by atoms with Crippen LogP contribution < -0.4 is 10.5 Å². The van der Waals surface area contributed by atoms with E-state index in [1.165, 1.54) is 7.11 Å². The van der Waals surface area contributed by atoms with Crippen LogP contribution in [0, 0.1) is 10.1 Å². The average molecular weight is 295 g/mol. The van der Waals surface area contributed by atoms with Crippen LogP contribution in [0.25, 0.3) is 0 Å². The highest BCUT2D eigenvalue weighted by Gasteiger charge is 2.24. The number of ether oxygens (including phenoxy) is 1. The van der Waals surface area contributed by atoms with Crippen LogP contribution in [0.5, 0.6) is 0 Å². The van der Waals surface area contributed by atoms with Crippen molar-refractivity contribution in [3.63, 3.8) is 0 Å². The maximum atomic E-state index is 11.8. The van der Waals surface area contributed by atoms with Gasteiger partial charge in [-0.25, -0.2) is 13.1 Å². The highest BCUT2D eigenvalue weighted by Crippen LogP contribution is 2.34. The molecule has 0 amide bonds. The lowest BCUT2D eigenvalue weighted by molar-refractivity contribution is -0.383. The normalized spacial score (nSPS) is 11.6.